The summed E-state index contributed by atoms with van der Waals surface area (Å²) in [5.74, 6) is -0.274. The lowest BCUT2D eigenvalue weighted by molar-refractivity contribution is -0.139. The monoisotopic (exact) mass is 371 g/mol. The van der Waals surface area contributed by atoms with Crippen LogP contribution in [0.2, 0.25) is 0 Å². The minimum atomic E-state index is -0.599. The van der Waals surface area contributed by atoms with Gasteiger partial charge in [-0.15, -0.1) is 0 Å². The van der Waals surface area contributed by atoms with Crippen molar-refractivity contribution < 1.29 is 19.1 Å². The largest absolute Gasteiger partial charge is 0.379 e. The molecule has 4 atom stereocenters. The first-order valence-corrected chi connectivity index (χ1v) is 9.39. The Balaban J connectivity index is 5.06. The molecule has 0 heterocycles. The molecule has 152 valence electrons. The first-order valence-electron chi connectivity index (χ1n) is 9.39. The summed E-state index contributed by atoms with van der Waals surface area (Å²) in [6, 6.07) is -0.656. The van der Waals surface area contributed by atoms with E-state index in [1.54, 1.807) is 26.1 Å². The maximum Gasteiger partial charge on any atom is 0.243 e. The molecule has 1 N–H and O–H groups in total. The van der Waals surface area contributed by atoms with E-state index >= 15 is 0 Å². The number of ether oxygens (including phenoxy) is 1. The molecule has 0 saturated carbocycles. The van der Waals surface area contributed by atoms with E-state index in [0.717, 1.165) is 12.8 Å². The van der Waals surface area contributed by atoms with Crippen molar-refractivity contribution in [1.29, 1.82) is 0 Å². The van der Waals surface area contributed by atoms with Gasteiger partial charge in [0.1, 0.15) is 6.04 Å². The summed E-state index contributed by atoms with van der Waals surface area (Å²) < 4.78 is 5.57. The number of hydrogen-bond donors (Lipinski definition) is 1. The van der Waals surface area contributed by atoms with Crippen LogP contribution < -0.4 is 5.32 Å². The molecule has 7 heteroatoms. The standard InChI is InChI=1S/C19H37N3O4/c1-9-14(5)18(15(10-2)26-8)22(7)16(24)11-20-19(25)17(13(3)4)21(6)12-23/h12-15,17-18H,9-11H2,1-8H3,(H,20,25)/t14?,15-,17?,18?/m1/s1. The van der Waals surface area contributed by atoms with Crippen LogP contribution in [-0.2, 0) is 19.1 Å². The van der Waals surface area contributed by atoms with E-state index in [-0.39, 0.29) is 42.3 Å². The summed E-state index contributed by atoms with van der Waals surface area (Å²) in [5, 5.41) is 2.68. The van der Waals surface area contributed by atoms with Gasteiger partial charge in [-0.2, -0.15) is 0 Å². The SMILES string of the molecule is CCC(C)C([C@@H](CC)OC)N(C)C(=O)CNC(=O)C(C(C)C)N(C)C=O. The Labute approximate surface area is 158 Å². The highest BCUT2D eigenvalue weighted by atomic mass is 16.5. The molecular formula is C19H37N3O4. The van der Waals surface area contributed by atoms with Gasteiger partial charge in [0.15, 0.2) is 0 Å². The molecule has 3 amide bonds. The van der Waals surface area contributed by atoms with Crippen LogP contribution in [0.1, 0.15) is 47.5 Å². The summed E-state index contributed by atoms with van der Waals surface area (Å²) in [5.41, 5.74) is 0. The van der Waals surface area contributed by atoms with E-state index in [1.165, 1.54) is 4.90 Å². The Morgan fingerprint density at radius 3 is 2.08 bits per heavy atom. The molecule has 0 aliphatic carbocycles. The minimum Gasteiger partial charge on any atom is -0.379 e. The predicted octanol–water partition coefficient (Wildman–Crippen LogP) is 1.51. The van der Waals surface area contributed by atoms with Crippen molar-refractivity contribution >= 4 is 18.2 Å². The van der Waals surface area contributed by atoms with Gasteiger partial charge in [0, 0.05) is 21.2 Å². The second-order valence-corrected chi connectivity index (χ2v) is 7.24. The Kier molecular flexibility index (Phi) is 11.1. The first kappa shape index (κ1) is 24.4. The molecule has 0 aromatic carbocycles. The Morgan fingerprint density at radius 1 is 1.12 bits per heavy atom. The van der Waals surface area contributed by atoms with Crippen molar-refractivity contribution in [3.63, 3.8) is 0 Å². The summed E-state index contributed by atoms with van der Waals surface area (Å²) in [6.45, 7) is 9.85. The molecular weight excluding hydrogens is 334 g/mol. The van der Waals surface area contributed by atoms with Crippen LogP contribution in [0, 0.1) is 11.8 Å². The number of rotatable bonds is 12. The Bertz CT molecular complexity index is 452. The minimum absolute atomic E-state index is 0.0520. The molecule has 7 nitrogen and oxygen atoms in total. The van der Waals surface area contributed by atoms with E-state index in [2.05, 4.69) is 19.2 Å². The third kappa shape index (κ3) is 6.59. The normalized spacial score (nSPS) is 15.7. The average molecular weight is 372 g/mol. The lowest BCUT2D eigenvalue weighted by Crippen LogP contribution is -2.53. The summed E-state index contributed by atoms with van der Waals surface area (Å²) in [7, 11) is 4.98. The van der Waals surface area contributed by atoms with Crippen molar-refractivity contribution in [2.24, 2.45) is 11.8 Å². The molecule has 0 bridgehead atoms. The number of nitrogens with zero attached hydrogens (tertiary/aromatic N) is 2. The summed E-state index contributed by atoms with van der Waals surface area (Å²) in [4.78, 5) is 39.1. The highest BCUT2D eigenvalue weighted by molar-refractivity contribution is 5.88. The molecule has 0 spiro atoms. The van der Waals surface area contributed by atoms with Crippen molar-refractivity contribution in [2.45, 2.75) is 65.6 Å². The second-order valence-electron chi connectivity index (χ2n) is 7.24. The fourth-order valence-electron chi connectivity index (χ4n) is 3.37. The van der Waals surface area contributed by atoms with E-state index in [0.29, 0.717) is 6.41 Å². The van der Waals surface area contributed by atoms with Gasteiger partial charge in [-0.05, 0) is 18.3 Å². The second kappa shape index (κ2) is 11.9. The molecule has 0 aromatic heterocycles. The lowest BCUT2D eigenvalue weighted by atomic mass is 9.91. The van der Waals surface area contributed by atoms with Crippen LogP contribution >= 0.6 is 0 Å². The number of carbonyl (C=O) groups excluding carboxylic acids is 3. The maximum atomic E-state index is 12.6. The zero-order valence-corrected chi connectivity index (χ0v) is 17.6. The van der Waals surface area contributed by atoms with Crippen molar-refractivity contribution in [1.82, 2.24) is 15.1 Å². The molecule has 0 rings (SSSR count). The van der Waals surface area contributed by atoms with Crippen LogP contribution in [0.15, 0.2) is 0 Å². The number of hydrogen-bond acceptors (Lipinski definition) is 4. The van der Waals surface area contributed by atoms with Gasteiger partial charge >= 0.3 is 0 Å². The molecule has 0 fully saturated rings. The maximum absolute atomic E-state index is 12.6. The number of methoxy groups -OCH3 is 1. The van der Waals surface area contributed by atoms with Crippen molar-refractivity contribution in [3.05, 3.63) is 0 Å². The van der Waals surface area contributed by atoms with E-state index in [4.69, 9.17) is 4.74 Å². The topological polar surface area (TPSA) is 79.0 Å². The van der Waals surface area contributed by atoms with Crippen LogP contribution in [0.3, 0.4) is 0 Å². The summed E-state index contributed by atoms with van der Waals surface area (Å²) in [6.07, 6.45) is 2.30. The van der Waals surface area contributed by atoms with E-state index in [9.17, 15) is 14.4 Å². The smallest absolute Gasteiger partial charge is 0.243 e. The molecule has 0 aliphatic heterocycles. The van der Waals surface area contributed by atoms with Gasteiger partial charge in [-0.3, -0.25) is 14.4 Å². The van der Waals surface area contributed by atoms with Gasteiger partial charge in [-0.25, -0.2) is 0 Å². The predicted molar refractivity (Wildman–Crippen MR) is 103 cm³/mol. The van der Waals surface area contributed by atoms with Crippen LogP contribution in [-0.4, -0.2) is 74.0 Å². The molecule has 0 saturated heterocycles. The first-order chi connectivity index (χ1) is 12.2. The quantitative estimate of drug-likeness (QED) is 0.528. The lowest BCUT2D eigenvalue weighted by Gasteiger charge is -2.37. The zero-order chi connectivity index (χ0) is 20.4. The van der Waals surface area contributed by atoms with Crippen LogP contribution in [0.5, 0.6) is 0 Å². The van der Waals surface area contributed by atoms with Gasteiger partial charge < -0.3 is 19.9 Å². The molecule has 0 radical (unpaired) electrons. The third-order valence-corrected chi connectivity index (χ3v) is 5.07. The number of amides is 3. The fraction of sp³-hybridized carbons (Fsp3) is 0.842. The Morgan fingerprint density at radius 2 is 1.69 bits per heavy atom. The van der Waals surface area contributed by atoms with Crippen molar-refractivity contribution in [3.8, 4) is 0 Å². The number of carbonyl (C=O) groups is 3. The average Bonchev–Trinajstić information content (AvgIpc) is 2.62. The van der Waals surface area contributed by atoms with E-state index in [1.807, 2.05) is 20.8 Å². The fourth-order valence-corrected chi connectivity index (χ4v) is 3.37. The van der Waals surface area contributed by atoms with Gasteiger partial charge in [0.25, 0.3) is 0 Å². The third-order valence-electron chi connectivity index (χ3n) is 5.07. The van der Waals surface area contributed by atoms with Crippen molar-refractivity contribution in [2.75, 3.05) is 27.7 Å². The number of likely N-dealkylation sites (N-methyl/N-ethyl adjacent to an activating group) is 2. The molecule has 0 aromatic rings. The highest BCUT2D eigenvalue weighted by Gasteiger charge is 2.32. The van der Waals surface area contributed by atoms with E-state index < -0.39 is 6.04 Å². The van der Waals surface area contributed by atoms with Gasteiger partial charge in [0.2, 0.25) is 18.2 Å². The van der Waals surface area contributed by atoms with Crippen LogP contribution in [0.4, 0.5) is 0 Å². The van der Waals surface area contributed by atoms with Crippen LogP contribution in [0.25, 0.3) is 0 Å². The zero-order valence-electron chi connectivity index (χ0n) is 17.6. The molecule has 0 aliphatic rings. The Hall–Kier alpha value is -1.63. The molecule has 3 unspecified atom stereocenters. The summed E-state index contributed by atoms with van der Waals surface area (Å²) >= 11 is 0. The van der Waals surface area contributed by atoms with Gasteiger partial charge in [0.05, 0.1) is 18.7 Å². The highest BCUT2D eigenvalue weighted by Crippen LogP contribution is 2.21. The van der Waals surface area contributed by atoms with Gasteiger partial charge in [-0.1, -0.05) is 41.0 Å². The number of nitrogens with one attached hydrogen (secondary N) is 1. The molecule has 26 heavy (non-hydrogen) atoms.